The van der Waals surface area contributed by atoms with E-state index in [1.54, 1.807) is 12.1 Å². The molecule has 1 aliphatic heterocycles. The molecular weight excluding hydrogens is 287 g/mol. The number of nitrogens with one attached hydrogen (secondary N) is 1. The molecule has 2 unspecified atom stereocenters. The number of hydrogen-bond donors (Lipinski definition) is 1. The minimum Gasteiger partial charge on any atom is -0.309 e. The van der Waals surface area contributed by atoms with E-state index in [0.717, 1.165) is 25.1 Å². The fourth-order valence-corrected chi connectivity index (χ4v) is 3.23. The van der Waals surface area contributed by atoms with E-state index in [4.69, 9.17) is 11.6 Å². The summed E-state index contributed by atoms with van der Waals surface area (Å²) in [5, 5.41) is 4.32. The molecule has 1 aliphatic rings. The minimum absolute atomic E-state index is 0.116. The first-order chi connectivity index (χ1) is 9.84. The third kappa shape index (κ3) is 3.97. The van der Waals surface area contributed by atoms with Crippen LogP contribution in [0.3, 0.4) is 0 Å². The van der Waals surface area contributed by atoms with Crippen molar-refractivity contribution >= 4 is 11.6 Å². The predicted molar refractivity (Wildman–Crippen MR) is 87.1 cm³/mol. The maximum absolute atomic E-state index is 13.5. The minimum atomic E-state index is -0.219. The molecule has 21 heavy (non-hydrogen) atoms. The zero-order valence-electron chi connectivity index (χ0n) is 13.4. The van der Waals surface area contributed by atoms with E-state index in [-0.39, 0.29) is 11.4 Å². The summed E-state index contributed by atoms with van der Waals surface area (Å²) >= 11 is 6.24. The highest BCUT2D eigenvalue weighted by atomic mass is 35.5. The molecule has 0 aromatic heterocycles. The average molecular weight is 313 g/mol. The molecule has 0 spiro atoms. The first kappa shape index (κ1) is 16.7. The monoisotopic (exact) mass is 312 g/mol. The van der Waals surface area contributed by atoms with Gasteiger partial charge in [-0.25, -0.2) is 4.39 Å². The Morgan fingerprint density at radius 2 is 2.19 bits per heavy atom. The van der Waals surface area contributed by atoms with Crippen LogP contribution in [-0.2, 0) is 6.54 Å². The van der Waals surface area contributed by atoms with Gasteiger partial charge in [0.1, 0.15) is 5.82 Å². The van der Waals surface area contributed by atoms with E-state index < -0.39 is 0 Å². The van der Waals surface area contributed by atoms with Gasteiger partial charge in [-0.2, -0.15) is 0 Å². The summed E-state index contributed by atoms with van der Waals surface area (Å²) < 4.78 is 13.5. The molecule has 2 rings (SSSR count). The topological polar surface area (TPSA) is 15.3 Å². The van der Waals surface area contributed by atoms with Gasteiger partial charge in [0.2, 0.25) is 0 Å². The van der Waals surface area contributed by atoms with Crippen molar-refractivity contribution in [3.63, 3.8) is 0 Å². The summed E-state index contributed by atoms with van der Waals surface area (Å²) in [7, 11) is 0. The van der Waals surface area contributed by atoms with Crippen molar-refractivity contribution in [2.75, 3.05) is 13.1 Å². The molecule has 1 aromatic rings. The molecule has 0 aliphatic carbocycles. The lowest BCUT2D eigenvalue weighted by atomic mass is 9.89. The van der Waals surface area contributed by atoms with Gasteiger partial charge in [-0.1, -0.05) is 32.4 Å². The number of hydrogen-bond acceptors (Lipinski definition) is 2. The van der Waals surface area contributed by atoms with Crippen LogP contribution in [-0.4, -0.2) is 29.6 Å². The van der Waals surface area contributed by atoms with Crippen LogP contribution in [0.15, 0.2) is 18.2 Å². The molecule has 1 N–H and O–H groups in total. The van der Waals surface area contributed by atoms with Crippen molar-refractivity contribution in [2.24, 2.45) is 5.92 Å². The second-order valence-electron chi connectivity index (χ2n) is 6.75. The Labute approximate surface area is 132 Å². The predicted octanol–water partition coefficient (Wildman–Crippen LogP) is 4.08. The molecular formula is C17H26ClFN2. The summed E-state index contributed by atoms with van der Waals surface area (Å²) in [5.41, 5.74) is 0.994. The standard InChI is InChI=1S/C17H26ClFN2/c1-5-17(4)11-21(16(9-20-17)12(2)3)10-13-8-14(19)6-7-15(13)18/h6-8,12,16,20H,5,9-11H2,1-4H3. The summed E-state index contributed by atoms with van der Waals surface area (Å²) in [6, 6.07) is 5.08. The lowest BCUT2D eigenvalue weighted by Gasteiger charge is -2.47. The molecule has 2 atom stereocenters. The van der Waals surface area contributed by atoms with E-state index >= 15 is 0 Å². The number of halogens is 2. The normalized spacial score (nSPS) is 27.3. The van der Waals surface area contributed by atoms with Gasteiger partial charge in [-0.05, 0) is 43.0 Å². The first-order valence-electron chi connectivity index (χ1n) is 7.77. The summed E-state index contributed by atoms with van der Waals surface area (Å²) in [6.07, 6.45) is 1.07. The second kappa shape index (κ2) is 6.64. The van der Waals surface area contributed by atoms with E-state index in [1.807, 2.05) is 0 Å². The first-order valence-corrected chi connectivity index (χ1v) is 8.15. The molecule has 1 saturated heterocycles. The molecule has 4 heteroatoms. The Kier molecular flexibility index (Phi) is 5.29. The molecule has 1 fully saturated rings. The second-order valence-corrected chi connectivity index (χ2v) is 7.15. The van der Waals surface area contributed by atoms with Gasteiger partial charge >= 0.3 is 0 Å². The van der Waals surface area contributed by atoms with Crippen molar-refractivity contribution in [3.05, 3.63) is 34.6 Å². The van der Waals surface area contributed by atoms with Crippen LogP contribution in [0.1, 0.15) is 39.7 Å². The maximum Gasteiger partial charge on any atom is 0.123 e. The summed E-state index contributed by atoms with van der Waals surface area (Å²) in [6.45, 7) is 11.6. The molecule has 1 heterocycles. The molecule has 2 nitrogen and oxygen atoms in total. The van der Waals surface area contributed by atoms with E-state index in [9.17, 15) is 4.39 Å². The number of rotatable bonds is 4. The SMILES string of the molecule is CCC1(C)CN(Cc2cc(F)ccc2Cl)C(C(C)C)CN1. The highest BCUT2D eigenvalue weighted by Crippen LogP contribution is 2.27. The molecule has 0 bridgehead atoms. The van der Waals surface area contributed by atoms with Crippen LogP contribution < -0.4 is 5.32 Å². The number of nitrogens with zero attached hydrogens (tertiary/aromatic N) is 1. The number of benzene rings is 1. The summed E-state index contributed by atoms with van der Waals surface area (Å²) in [5.74, 6) is 0.329. The fraction of sp³-hybridized carbons (Fsp3) is 0.647. The van der Waals surface area contributed by atoms with Crippen molar-refractivity contribution < 1.29 is 4.39 Å². The zero-order chi connectivity index (χ0) is 15.6. The van der Waals surface area contributed by atoms with Crippen LogP contribution in [0.4, 0.5) is 4.39 Å². The van der Waals surface area contributed by atoms with Crippen molar-refractivity contribution in [3.8, 4) is 0 Å². The zero-order valence-corrected chi connectivity index (χ0v) is 14.2. The van der Waals surface area contributed by atoms with Crippen molar-refractivity contribution in [2.45, 2.75) is 52.2 Å². The van der Waals surface area contributed by atoms with Gasteiger partial charge in [0.15, 0.2) is 0 Å². The Hall–Kier alpha value is -0.640. The third-order valence-electron chi connectivity index (χ3n) is 4.69. The molecule has 0 radical (unpaired) electrons. The number of piperazine rings is 1. The quantitative estimate of drug-likeness (QED) is 0.901. The van der Waals surface area contributed by atoms with Gasteiger partial charge in [0.25, 0.3) is 0 Å². The molecule has 118 valence electrons. The molecule has 1 aromatic carbocycles. The molecule has 0 amide bonds. The smallest absolute Gasteiger partial charge is 0.123 e. The van der Waals surface area contributed by atoms with Crippen molar-refractivity contribution in [1.82, 2.24) is 10.2 Å². The molecule has 0 saturated carbocycles. The highest BCUT2D eigenvalue weighted by molar-refractivity contribution is 6.31. The van der Waals surface area contributed by atoms with Crippen LogP contribution in [0.25, 0.3) is 0 Å². The van der Waals surface area contributed by atoms with Gasteiger partial charge in [-0.3, -0.25) is 4.90 Å². The van der Waals surface area contributed by atoms with Crippen LogP contribution in [0.5, 0.6) is 0 Å². The van der Waals surface area contributed by atoms with Gasteiger partial charge in [-0.15, -0.1) is 0 Å². The van der Waals surface area contributed by atoms with Gasteiger partial charge < -0.3 is 5.32 Å². The maximum atomic E-state index is 13.5. The van der Waals surface area contributed by atoms with E-state index in [1.165, 1.54) is 6.07 Å². The fourth-order valence-electron chi connectivity index (χ4n) is 3.05. The Bertz CT molecular complexity index is 492. The van der Waals surface area contributed by atoms with Gasteiger partial charge in [0.05, 0.1) is 0 Å². The van der Waals surface area contributed by atoms with E-state index in [2.05, 4.69) is 37.9 Å². The van der Waals surface area contributed by atoms with Gasteiger partial charge in [0, 0.05) is 36.2 Å². The highest BCUT2D eigenvalue weighted by Gasteiger charge is 2.35. The third-order valence-corrected chi connectivity index (χ3v) is 5.06. The van der Waals surface area contributed by atoms with Crippen molar-refractivity contribution in [1.29, 1.82) is 0 Å². The van der Waals surface area contributed by atoms with Crippen LogP contribution >= 0.6 is 11.6 Å². The Morgan fingerprint density at radius 3 is 2.81 bits per heavy atom. The largest absolute Gasteiger partial charge is 0.309 e. The Morgan fingerprint density at radius 1 is 1.48 bits per heavy atom. The van der Waals surface area contributed by atoms with Crippen LogP contribution in [0.2, 0.25) is 5.02 Å². The Balaban J connectivity index is 2.22. The lowest BCUT2D eigenvalue weighted by molar-refractivity contribution is 0.0539. The average Bonchev–Trinajstić information content (AvgIpc) is 2.43. The summed E-state index contributed by atoms with van der Waals surface area (Å²) in [4.78, 5) is 2.45. The van der Waals surface area contributed by atoms with Crippen LogP contribution in [0, 0.1) is 11.7 Å². The van der Waals surface area contributed by atoms with E-state index in [0.29, 0.717) is 23.5 Å². The lowest BCUT2D eigenvalue weighted by Crippen LogP contribution is -2.63.